The average Bonchev–Trinajstić information content (AvgIpc) is 3.23. The van der Waals surface area contributed by atoms with Crippen molar-refractivity contribution in [1.82, 2.24) is 19.4 Å². The second-order valence-electron chi connectivity index (χ2n) is 8.09. The summed E-state index contributed by atoms with van der Waals surface area (Å²) in [5, 5.41) is 10.9. The van der Waals surface area contributed by atoms with E-state index in [4.69, 9.17) is 9.72 Å². The molecule has 0 spiro atoms. The van der Waals surface area contributed by atoms with E-state index in [1.54, 1.807) is 16.7 Å². The fourth-order valence-electron chi connectivity index (χ4n) is 4.23. The number of aromatic nitrogens is 3. The van der Waals surface area contributed by atoms with Crippen LogP contribution in [0.4, 0.5) is 10.2 Å². The summed E-state index contributed by atoms with van der Waals surface area (Å²) >= 11 is 0. The molecule has 0 bridgehead atoms. The summed E-state index contributed by atoms with van der Waals surface area (Å²) in [6.07, 6.45) is 2.24. The molecule has 4 heterocycles. The standard InChI is InChI=1S/C21H20FN5O3/c1-21(13-26-11-19(27(28)29)24-20(26)30-21)12-25-9-8-18-15(10-25)4-7-17(23-18)14-2-5-16(22)6-3-14/h2-7,11H,8-10,12-13H2,1H3/t21-/m1/s1. The summed E-state index contributed by atoms with van der Waals surface area (Å²) in [6, 6.07) is 10.7. The highest BCUT2D eigenvalue weighted by molar-refractivity contribution is 5.59. The maximum absolute atomic E-state index is 13.2. The monoisotopic (exact) mass is 409 g/mol. The van der Waals surface area contributed by atoms with Crippen LogP contribution in [0.1, 0.15) is 18.2 Å². The van der Waals surface area contributed by atoms with Crippen LogP contribution in [-0.4, -0.2) is 43.0 Å². The van der Waals surface area contributed by atoms with Crippen LogP contribution in [0.3, 0.4) is 0 Å². The number of rotatable bonds is 4. The van der Waals surface area contributed by atoms with Gasteiger partial charge in [-0.25, -0.2) is 4.39 Å². The predicted octanol–water partition coefficient (Wildman–Crippen LogP) is 3.20. The molecular weight excluding hydrogens is 389 g/mol. The van der Waals surface area contributed by atoms with E-state index in [1.807, 2.05) is 13.0 Å². The molecule has 2 aromatic heterocycles. The van der Waals surface area contributed by atoms with Gasteiger partial charge in [0.15, 0.2) is 0 Å². The molecule has 1 atom stereocenters. The number of benzene rings is 1. The van der Waals surface area contributed by atoms with Crippen LogP contribution >= 0.6 is 0 Å². The summed E-state index contributed by atoms with van der Waals surface area (Å²) in [5.41, 5.74) is 3.49. The predicted molar refractivity (Wildman–Crippen MR) is 107 cm³/mol. The fourth-order valence-corrected chi connectivity index (χ4v) is 4.23. The molecule has 9 heteroatoms. The van der Waals surface area contributed by atoms with Gasteiger partial charge in [-0.1, -0.05) is 6.07 Å². The lowest BCUT2D eigenvalue weighted by molar-refractivity contribution is -0.389. The normalized spacial score (nSPS) is 20.5. The summed E-state index contributed by atoms with van der Waals surface area (Å²) in [6.45, 7) is 4.80. The average molecular weight is 409 g/mol. The molecule has 0 unspecified atom stereocenters. The lowest BCUT2D eigenvalue weighted by Crippen LogP contribution is -2.46. The molecule has 0 radical (unpaired) electrons. The SMILES string of the molecule is C[C@@]1(CN2CCc3nc(-c4ccc(F)cc4)ccc3C2)Cn2cc([N+](=O)[O-])nc2O1. The van der Waals surface area contributed by atoms with Crippen LogP contribution < -0.4 is 4.74 Å². The Morgan fingerprint density at radius 3 is 2.77 bits per heavy atom. The third-order valence-corrected chi connectivity index (χ3v) is 5.58. The highest BCUT2D eigenvalue weighted by Gasteiger charge is 2.41. The van der Waals surface area contributed by atoms with Gasteiger partial charge in [0, 0.05) is 42.3 Å². The molecule has 0 saturated heterocycles. The van der Waals surface area contributed by atoms with Gasteiger partial charge in [0.05, 0.1) is 12.2 Å². The first-order chi connectivity index (χ1) is 14.4. The van der Waals surface area contributed by atoms with E-state index >= 15 is 0 Å². The lowest BCUT2D eigenvalue weighted by Gasteiger charge is -2.34. The highest BCUT2D eigenvalue weighted by Crippen LogP contribution is 2.32. The van der Waals surface area contributed by atoms with Crippen molar-refractivity contribution in [2.75, 3.05) is 13.1 Å². The maximum atomic E-state index is 13.2. The number of hydrogen-bond acceptors (Lipinski definition) is 6. The Hall–Kier alpha value is -3.33. The number of pyridine rings is 1. The van der Waals surface area contributed by atoms with Crippen molar-refractivity contribution in [3.8, 4) is 17.3 Å². The summed E-state index contributed by atoms with van der Waals surface area (Å²) in [4.78, 5) is 21.4. The largest absolute Gasteiger partial charge is 0.436 e. The number of ether oxygens (including phenoxy) is 1. The molecule has 2 aliphatic rings. The van der Waals surface area contributed by atoms with Crippen molar-refractivity contribution in [3.63, 3.8) is 0 Å². The molecule has 0 fully saturated rings. The molecule has 0 saturated carbocycles. The quantitative estimate of drug-likeness (QED) is 0.486. The summed E-state index contributed by atoms with van der Waals surface area (Å²) in [5.74, 6) is -0.450. The van der Waals surface area contributed by atoms with E-state index < -0.39 is 10.5 Å². The van der Waals surface area contributed by atoms with Crippen molar-refractivity contribution in [2.24, 2.45) is 0 Å². The van der Waals surface area contributed by atoms with Gasteiger partial charge in [-0.15, -0.1) is 0 Å². The molecule has 154 valence electrons. The zero-order valence-corrected chi connectivity index (χ0v) is 16.4. The first-order valence-electron chi connectivity index (χ1n) is 9.76. The number of halogens is 1. The Morgan fingerprint density at radius 2 is 2.03 bits per heavy atom. The number of hydrogen-bond donors (Lipinski definition) is 0. The minimum atomic E-state index is -0.513. The third kappa shape index (κ3) is 3.41. The third-order valence-electron chi connectivity index (χ3n) is 5.58. The van der Waals surface area contributed by atoms with Gasteiger partial charge in [-0.2, -0.15) is 0 Å². The van der Waals surface area contributed by atoms with Crippen LogP contribution in [0.25, 0.3) is 11.3 Å². The lowest BCUT2D eigenvalue weighted by atomic mass is 10.0. The Morgan fingerprint density at radius 1 is 1.23 bits per heavy atom. The topological polar surface area (TPSA) is 86.3 Å². The fraction of sp³-hybridized carbons (Fsp3) is 0.333. The Balaban J connectivity index is 1.27. The minimum absolute atomic E-state index is 0.193. The van der Waals surface area contributed by atoms with Gasteiger partial charge in [0.2, 0.25) is 0 Å². The Kier molecular flexibility index (Phi) is 4.28. The molecule has 30 heavy (non-hydrogen) atoms. The highest BCUT2D eigenvalue weighted by atomic mass is 19.1. The van der Waals surface area contributed by atoms with E-state index in [-0.39, 0.29) is 11.6 Å². The number of nitrogens with zero attached hydrogens (tertiary/aromatic N) is 5. The first-order valence-corrected chi connectivity index (χ1v) is 9.76. The molecular formula is C21H20FN5O3. The summed E-state index contributed by atoms with van der Waals surface area (Å²) in [7, 11) is 0. The van der Waals surface area contributed by atoms with Gasteiger partial charge < -0.3 is 14.9 Å². The first kappa shape index (κ1) is 18.7. The van der Waals surface area contributed by atoms with E-state index in [0.29, 0.717) is 19.1 Å². The number of nitro groups is 1. The number of imidazole rings is 1. The van der Waals surface area contributed by atoms with Gasteiger partial charge in [-0.3, -0.25) is 14.5 Å². The smallest absolute Gasteiger partial charge is 0.415 e. The number of fused-ring (bicyclic) bond motifs is 2. The minimum Gasteiger partial charge on any atom is -0.436 e. The van der Waals surface area contributed by atoms with Gasteiger partial charge in [0.25, 0.3) is 0 Å². The van der Waals surface area contributed by atoms with Crippen LogP contribution in [0.5, 0.6) is 6.01 Å². The van der Waals surface area contributed by atoms with E-state index in [1.165, 1.54) is 23.9 Å². The van der Waals surface area contributed by atoms with E-state index in [2.05, 4.69) is 16.0 Å². The van der Waals surface area contributed by atoms with Crippen LogP contribution in [0.2, 0.25) is 0 Å². The zero-order valence-electron chi connectivity index (χ0n) is 16.4. The van der Waals surface area contributed by atoms with Crippen molar-refractivity contribution in [2.45, 2.75) is 32.0 Å². The summed E-state index contributed by atoms with van der Waals surface area (Å²) < 4.78 is 20.8. The molecule has 2 aliphatic heterocycles. The molecule has 0 amide bonds. The molecule has 0 N–H and O–H groups in total. The Labute approximate surface area is 172 Å². The van der Waals surface area contributed by atoms with Gasteiger partial charge >= 0.3 is 11.8 Å². The molecule has 3 aromatic rings. The van der Waals surface area contributed by atoms with Crippen molar-refractivity contribution >= 4 is 5.82 Å². The van der Waals surface area contributed by atoms with Crippen LogP contribution in [0.15, 0.2) is 42.6 Å². The van der Waals surface area contributed by atoms with Crippen molar-refractivity contribution < 1.29 is 14.1 Å². The van der Waals surface area contributed by atoms with Gasteiger partial charge in [-0.05, 0) is 47.7 Å². The van der Waals surface area contributed by atoms with Gasteiger partial charge in [0.1, 0.15) is 17.6 Å². The zero-order chi connectivity index (χ0) is 20.9. The maximum Gasteiger partial charge on any atom is 0.415 e. The van der Waals surface area contributed by atoms with E-state index in [9.17, 15) is 14.5 Å². The second-order valence-corrected chi connectivity index (χ2v) is 8.09. The van der Waals surface area contributed by atoms with E-state index in [0.717, 1.165) is 36.5 Å². The van der Waals surface area contributed by atoms with Crippen LogP contribution in [0, 0.1) is 15.9 Å². The molecule has 0 aliphatic carbocycles. The van der Waals surface area contributed by atoms with Crippen molar-refractivity contribution in [1.29, 1.82) is 0 Å². The molecule has 5 rings (SSSR count). The van der Waals surface area contributed by atoms with Crippen LogP contribution in [-0.2, 0) is 19.5 Å². The molecule has 8 nitrogen and oxygen atoms in total. The Bertz CT molecular complexity index is 1100. The van der Waals surface area contributed by atoms with Crippen molar-refractivity contribution in [3.05, 3.63) is 69.8 Å². The second kappa shape index (κ2) is 6.88. The molecule has 1 aromatic carbocycles.